The van der Waals surface area contributed by atoms with Crippen LogP contribution in [0.25, 0.3) is 0 Å². The fraction of sp³-hybridized carbons (Fsp3) is 0.615. The maximum atomic E-state index is 3.19. The van der Waals surface area contributed by atoms with Gasteiger partial charge in [-0.3, -0.25) is 12.2 Å². The molecule has 0 nitrogen and oxygen atoms in total. The Morgan fingerprint density at radius 1 is 0.633 bits per heavy atom. The van der Waals surface area contributed by atoms with Gasteiger partial charge in [0.2, 0.25) is 0 Å². The van der Waals surface area contributed by atoms with Gasteiger partial charge in [0.1, 0.15) is 0 Å². The van der Waals surface area contributed by atoms with Crippen molar-refractivity contribution in [1.29, 1.82) is 0 Å². The van der Waals surface area contributed by atoms with Gasteiger partial charge >= 0.3 is 30.2 Å². The van der Waals surface area contributed by atoms with Crippen LogP contribution < -0.4 is 0 Å². The molecule has 4 aliphatic rings. The van der Waals surface area contributed by atoms with Crippen molar-refractivity contribution in [2.75, 3.05) is 0 Å². The Hall–Kier alpha value is 0.640. The number of rotatable bonds is 0. The van der Waals surface area contributed by atoms with Crippen molar-refractivity contribution in [2.45, 2.75) is 105 Å². The van der Waals surface area contributed by atoms with Gasteiger partial charge in [0, 0.05) is 0 Å². The van der Waals surface area contributed by atoms with Crippen LogP contribution in [-0.4, -0.2) is 6.88 Å². The van der Waals surface area contributed by atoms with Crippen LogP contribution in [0.4, 0.5) is 0 Å². The normalized spacial score (nSPS) is 18.6. The molecule has 0 amide bonds. The molecule has 0 N–H and O–H groups in total. The van der Waals surface area contributed by atoms with Gasteiger partial charge in [-0.2, -0.15) is 36.8 Å². The van der Waals surface area contributed by atoms with Crippen LogP contribution in [0.3, 0.4) is 0 Å². The predicted molar refractivity (Wildman–Crippen MR) is 139 cm³/mol. The minimum absolute atomic E-state index is 0. The molecule has 0 aromatic carbocycles. The van der Waals surface area contributed by atoms with Crippen LogP contribution in [0.15, 0.2) is 34.4 Å². The van der Waals surface area contributed by atoms with Crippen LogP contribution in [-0.2, 0) is 23.3 Å². The van der Waals surface area contributed by atoms with Gasteiger partial charge in [0.25, 0.3) is 0 Å². The molecule has 0 heterocycles. The second kappa shape index (κ2) is 25.9. The molecule has 0 radical (unpaired) electrons. The Labute approximate surface area is 217 Å². The summed E-state index contributed by atoms with van der Waals surface area (Å²) in [7, 11) is 0. The van der Waals surface area contributed by atoms with Crippen LogP contribution >= 0.6 is 24.8 Å². The van der Waals surface area contributed by atoms with E-state index in [-0.39, 0.29) is 24.8 Å². The third-order valence-corrected chi connectivity index (χ3v) is 4.85. The van der Waals surface area contributed by atoms with Crippen molar-refractivity contribution in [3.05, 3.63) is 59.4 Å². The predicted octanol–water partition coefficient (Wildman–Crippen LogP) is 8.41. The summed E-state index contributed by atoms with van der Waals surface area (Å²) in [6.07, 6.45) is 31.8. The molecule has 2 saturated carbocycles. The first-order chi connectivity index (χ1) is 13.6. The van der Waals surface area contributed by atoms with E-state index in [1.165, 1.54) is 86.5 Å². The molecule has 4 heteroatoms. The van der Waals surface area contributed by atoms with Gasteiger partial charge in [-0.25, -0.2) is 23.3 Å². The van der Waals surface area contributed by atoms with Crippen LogP contribution in [0, 0.1) is 25.0 Å². The number of allylic oxidation sites excluding steroid dienone is 8. The summed E-state index contributed by atoms with van der Waals surface area (Å²) in [5, 5.41) is 0. The zero-order chi connectivity index (χ0) is 21.0. The molecule has 2 fully saturated rings. The fourth-order valence-electron chi connectivity index (χ4n) is 3.30. The number of hydrogen-bond acceptors (Lipinski definition) is 0. The Morgan fingerprint density at radius 3 is 1.00 bits per heavy atom. The molecule has 30 heavy (non-hydrogen) atoms. The summed E-state index contributed by atoms with van der Waals surface area (Å²) in [6, 6.07) is 0. The molecule has 0 bridgehead atoms. The van der Waals surface area contributed by atoms with Crippen molar-refractivity contribution >= 4 is 31.7 Å². The third kappa shape index (κ3) is 23.3. The topological polar surface area (TPSA) is 0 Å². The van der Waals surface area contributed by atoms with E-state index in [2.05, 4.69) is 64.8 Å². The molecule has 4 rings (SSSR count). The second-order valence-corrected chi connectivity index (χ2v) is 7.91. The van der Waals surface area contributed by atoms with Crippen LogP contribution in [0.2, 0.25) is 0 Å². The molecule has 0 atom stereocenters. The van der Waals surface area contributed by atoms with E-state index in [0.29, 0.717) is 0 Å². The standard InChI is InChI=1S/2C7H9.2C6H11.2ClH.H2Si.Zr/c2*1-6-3-4-7(2)5-6;2*1-2-4-6-5-3-1;;;;/h2*5H,3H2,1-2H3;2*1H,2-6H2;2*1H;1H2;/q4*-1;;;;. The van der Waals surface area contributed by atoms with Crippen molar-refractivity contribution in [1.82, 2.24) is 0 Å². The fourth-order valence-corrected chi connectivity index (χ4v) is 3.30. The average molecular weight is 547 g/mol. The molecule has 4 aliphatic carbocycles. The van der Waals surface area contributed by atoms with Gasteiger partial charge < -0.3 is 12.8 Å². The molecular weight excluding hydrogens is 503 g/mol. The zero-order valence-corrected chi connectivity index (χ0v) is 25.3. The van der Waals surface area contributed by atoms with E-state index in [1.807, 2.05) is 6.88 Å². The van der Waals surface area contributed by atoms with E-state index >= 15 is 0 Å². The molecule has 0 spiro atoms. The van der Waals surface area contributed by atoms with Gasteiger partial charge in [-0.1, -0.05) is 66.2 Å². The van der Waals surface area contributed by atoms with E-state index in [9.17, 15) is 0 Å². The Bertz CT molecular complexity index is 444. The summed E-state index contributed by atoms with van der Waals surface area (Å²) in [5.41, 5.74) is 5.44. The minimum atomic E-state index is 0. The summed E-state index contributed by atoms with van der Waals surface area (Å²) < 4.78 is 0. The van der Waals surface area contributed by atoms with E-state index < -0.39 is 0 Å². The second-order valence-electron chi connectivity index (χ2n) is 7.91. The molecule has 0 aliphatic heterocycles. The van der Waals surface area contributed by atoms with Gasteiger partial charge in [0.05, 0.1) is 0 Å². The molecule has 0 unspecified atom stereocenters. The monoisotopic (exact) mass is 544 g/mol. The first-order valence-corrected chi connectivity index (χ1v) is 17.0. The molecule has 0 aromatic rings. The van der Waals surface area contributed by atoms with Gasteiger partial charge in [-0.15, -0.1) is 37.7 Å². The third-order valence-electron chi connectivity index (χ3n) is 4.85. The number of hydrogen-bond donors (Lipinski definition) is 0. The SMILES string of the molecule is CC1=[C-]CC(C)=C1.CC1=[C-]CC(C)=C1.Cl.Cl.[CH-]1CCCCC1.[CH-]1CCCCC1.[SiH2]=[Zr]. The molecule has 0 saturated heterocycles. The van der Waals surface area contributed by atoms with E-state index in [1.54, 1.807) is 23.3 Å². The first-order valence-electron chi connectivity index (χ1n) is 11.1. The van der Waals surface area contributed by atoms with Crippen molar-refractivity contribution < 1.29 is 23.3 Å². The van der Waals surface area contributed by atoms with Crippen LogP contribution in [0.1, 0.15) is 105 Å². The first kappa shape index (κ1) is 35.2. The Balaban J connectivity index is -0.000000309. The summed E-state index contributed by atoms with van der Waals surface area (Å²) >= 11 is 1.58. The van der Waals surface area contributed by atoms with Gasteiger partial charge in [0.15, 0.2) is 0 Å². The van der Waals surface area contributed by atoms with Crippen molar-refractivity contribution in [2.24, 2.45) is 0 Å². The Morgan fingerprint density at radius 2 is 0.933 bits per heavy atom. The van der Waals surface area contributed by atoms with Gasteiger partial charge in [-0.05, 0) is 0 Å². The van der Waals surface area contributed by atoms with Crippen molar-refractivity contribution in [3.63, 3.8) is 0 Å². The van der Waals surface area contributed by atoms with E-state index in [4.69, 9.17) is 0 Å². The zero-order valence-electron chi connectivity index (χ0n) is 19.8. The summed E-state index contributed by atoms with van der Waals surface area (Å²) in [6.45, 7) is 10.4. The quantitative estimate of drug-likeness (QED) is 0.211. The summed E-state index contributed by atoms with van der Waals surface area (Å²) in [5.74, 6) is 0. The molecule has 174 valence electrons. The van der Waals surface area contributed by atoms with Crippen molar-refractivity contribution in [3.8, 4) is 0 Å². The molecule has 0 aromatic heterocycles. The number of halogens is 2. The Kier molecular flexibility index (Phi) is 30.4. The molecular formula is C26H44Cl2SiZr-4. The maximum absolute atomic E-state index is 3.19. The van der Waals surface area contributed by atoms with E-state index in [0.717, 1.165) is 12.8 Å². The average Bonchev–Trinajstić information content (AvgIpc) is 3.33. The summed E-state index contributed by atoms with van der Waals surface area (Å²) in [4.78, 5) is 0. The van der Waals surface area contributed by atoms with Crippen LogP contribution in [0.5, 0.6) is 0 Å².